The van der Waals surface area contributed by atoms with Crippen LogP contribution in [0, 0.1) is 5.92 Å². The molecule has 1 aromatic heterocycles. The molecule has 1 N–H and O–H groups in total. The first-order valence-corrected chi connectivity index (χ1v) is 5.93. The Kier molecular flexibility index (Phi) is 5.35. The molecule has 0 fully saturated rings. The van der Waals surface area contributed by atoms with Crippen molar-refractivity contribution >= 4 is 11.8 Å². The lowest BCUT2D eigenvalue weighted by Crippen LogP contribution is -2.29. The summed E-state index contributed by atoms with van der Waals surface area (Å²) in [5, 5.41) is 8.86. The molecule has 18 heavy (non-hydrogen) atoms. The SMILES string of the molecule is CCCOc1cc(N(C)CC(C)C(=O)O)ncn1. The fraction of sp³-hybridized carbons (Fsp3) is 0.583. The molecule has 0 spiro atoms. The maximum absolute atomic E-state index is 10.8. The van der Waals surface area contributed by atoms with Gasteiger partial charge in [-0.1, -0.05) is 13.8 Å². The molecule has 100 valence electrons. The molecule has 0 aliphatic heterocycles. The summed E-state index contributed by atoms with van der Waals surface area (Å²) in [6.07, 6.45) is 2.33. The van der Waals surface area contributed by atoms with Crippen molar-refractivity contribution in [2.45, 2.75) is 20.3 Å². The number of carboxylic acids is 1. The number of aliphatic carboxylic acids is 1. The van der Waals surface area contributed by atoms with Crippen LogP contribution in [0.1, 0.15) is 20.3 Å². The van der Waals surface area contributed by atoms with Gasteiger partial charge in [-0.2, -0.15) is 0 Å². The van der Waals surface area contributed by atoms with E-state index in [1.54, 1.807) is 24.9 Å². The first kappa shape index (κ1) is 14.2. The van der Waals surface area contributed by atoms with Crippen molar-refractivity contribution in [3.05, 3.63) is 12.4 Å². The van der Waals surface area contributed by atoms with Gasteiger partial charge in [0.25, 0.3) is 0 Å². The molecule has 0 aliphatic carbocycles. The van der Waals surface area contributed by atoms with E-state index in [1.807, 2.05) is 6.92 Å². The van der Waals surface area contributed by atoms with Gasteiger partial charge in [-0.25, -0.2) is 9.97 Å². The van der Waals surface area contributed by atoms with Gasteiger partial charge in [0.15, 0.2) is 0 Å². The summed E-state index contributed by atoms with van der Waals surface area (Å²) >= 11 is 0. The molecular weight excluding hydrogens is 234 g/mol. The van der Waals surface area contributed by atoms with E-state index in [4.69, 9.17) is 9.84 Å². The van der Waals surface area contributed by atoms with Gasteiger partial charge in [0.05, 0.1) is 12.5 Å². The van der Waals surface area contributed by atoms with Gasteiger partial charge >= 0.3 is 5.97 Å². The molecule has 1 unspecified atom stereocenters. The number of hydrogen-bond acceptors (Lipinski definition) is 5. The molecule has 1 aromatic rings. The number of carboxylic acid groups (broad SMARTS) is 1. The summed E-state index contributed by atoms with van der Waals surface area (Å²) in [6.45, 7) is 4.67. The van der Waals surface area contributed by atoms with Gasteiger partial charge in [-0.15, -0.1) is 0 Å². The van der Waals surface area contributed by atoms with Crippen LogP contribution >= 0.6 is 0 Å². The summed E-state index contributed by atoms with van der Waals surface area (Å²) < 4.78 is 5.40. The molecule has 0 saturated carbocycles. The molecule has 6 heteroatoms. The number of anilines is 1. The minimum Gasteiger partial charge on any atom is -0.481 e. The van der Waals surface area contributed by atoms with E-state index in [-0.39, 0.29) is 0 Å². The molecular formula is C12H19N3O3. The van der Waals surface area contributed by atoms with Crippen molar-refractivity contribution in [3.63, 3.8) is 0 Å². The van der Waals surface area contributed by atoms with Crippen LogP contribution in [0.25, 0.3) is 0 Å². The molecule has 0 radical (unpaired) electrons. The van der Waals surface area contributed by atoms with E-state index < -0.39 is 11.9 Å². The van der Waals surface area contributed by atoms with Crippen molar-refractivity contribution in [1.29, 1.82) is 0 Å². The topological polar surface area (TPSA) is 75.5 Å². The molecule has 0 aliphatic rings. The molecule has 0 bridgehead atoms. The standard InChI is InChI=1S/C12H19N3O3/c1-4-5-18-11-6-10(13-8-14-11)15(3)7-9(2)12(16)17/h6,8-9H,4-5,7H2,1-3H3,(H,16,17). The van der Waals surface area contributed by atoms with E-state index in [9.17, 15) is 4.79 Å². The van der Waals surface area contributed by atoms with Crippen molar-refractivity contribution in [2.75, 3.05) is 25.1 Å². The van der Waals surface area contributed by atoms with E-state index >= 15 is 0 Å². The highest BCUT2D eigenvalue weighted by Crippen LogP contribution is 2.15. The summed E-state index contributed by atoms with van der Waals surface area (Å²) in [4.78, 5) is 20.7. The molecule has 1 rings (SSSR count). The Balaban J connectivity index is 2.67. The maximum Gasteiger partial charge on any atom is 0.308 e. The monoisotopic (exact) mass is 253 g/mol. The maximum atomic E-state index is 10.8. The molecule has 6 nitrogen and oxygen atoms in total. The van der Waals surface area contributed by atoms with Crippen LogP contribution in [0.3, 0.4) is 0 Å². The Hall–Kier alpha value is -1.85. The fourth-order valence-electron chi connectivity index (χ4n) is 1.41. The second-order valence-electron chi connectivity index (χ2n) is 4.18. The Bertz CT molecular complexity index is 398. The van der Waals surface area contributed by atoms with E-state index in [2.05, 4.69) is 9.97 Å². The van der Waals surface area contributed by atoms with Gasteiger partial charge in [0.2, 0.25) is 5.88 Å². The summed E-state index contributed by atoms with van der Waals surface area (Å²) in [5.74, 6) is -0.107. The van der Waals surface area contributed by atoms with Gasteiger partial charge in [0, 0.05) is 19.7 Å². The summed E-state index contributed by atoms with van der Waals surface area (Å²) in [7, 11) is 1.80. The van der Waals surface area contributed by atoms with Gasteiger partial charge in [0.1, 0.15) is 12.1 Å². The first-order chi connectivity index (χ1) is 8.54. The molecule has 1 atom stereocenters. The Morgan fingerprint density at radius 2 is 2.28 bits per heavy atom. The van der Waals surface area contributed by atoms with Crippen LogP contribution in [-0.4, -0.2) is 41.2 Å². The smallest absolute Gasteiger partial charge is 0.308 e. The number of nitrogens with zero attached hydrogens (tertiary/aromatic N) is 3. The second-order valence-corrected chi connectivity index (χ2v) is 4.18. The fourth-order valence-corrected chi connectivity index (χ4v) is 1.41. The lowest BCUT2D eigenvalue weighted by molar-refractivity contribution is -0.140. The number of rotatable bonds is 7. The van der Waals surface area contributed by atoms with E-state index in [0.717, 1.165) is 6.42 Å². The van der Waals surface area contributed by atoms with Gasteiger partial charge < -0.3 is 14.7 Å². The van der Waals surface area contributed by atoms with Crippen LogP contribution in [-0.2, 0) is 4.79 Å². The van der Waals surface area contributed by atoms with Crippen LogP contribution in [0.2, 0.25) is 0 Å². The normalized spacial score (nSPS) is 11.9. The van der Waals surface area contributed by atoms with Crippen molar-refractivity contribution < 1.29 is 14.6 Å². The van der Waals surface area contributed by atoms with E-state index in [0.29, 0.717) is 24.8 Å². The molecule has 0 aromatic carbocycles. The second kappa shape index (κ2) is 6.78. The van der Waals surface area contributed by atoms with Crippen molar-refractivity contribution in [1.82, 2.24) is 9.97 Å². The first-order valence-electron chi connectivity index (χ1n) is 5.93. The Labute approximate surface area is 107 Å². The number of hydrogen-bond donors (Lipinski definition) is 1. The molecule has 0 saturated heterocycles. The third kappa shape index (κ3) is 4.20. The molecule has 0 amide bonds. The van der Waals surface area contributed by atoms with Crippen LogP contribution in [0.15, 0.2) is 12.4 Å². The zero-order valence-electron chi connectivity index (χ0n) is 11.0. The minimum atomic E-state index is -0.821. The third-order valence-electron chi connectivity index (χ3n) is 2.44. The zero-order valence-corrected chi connectivity index (χ0v) is 11.0. The average molecular weight is 253 g/mol. The van der Waals surface area contributed by atoms with Gasteiger partial charge in [-0.05, 0) is 6.42 Å². The summed E-state index contributed by atoms with van der Waals surface area (Å²) in [6, 6.07) is 1.71. The Morgan fingerprint density at radius 3 is 2.89 bits per heavy atom. The average Bonchev–Trinajstić information content (AvgIpc) is 2.36. The summed E-state index contributed by atoms with van der Waals surface area (Å²) in [5.41, 5.74) is 0. The highest BCUT2D eigenvalue weighted by atomic mass is 16.5. The van der Waals surface area contributed by atoms with Gasteiger partial charge in [-0.3, -0.25) is 4.79 Å². The van der Waals surface area contributed by atoms with Crippen molar-refractivity contribution in [2.24, 2.45) is 5.92 Å². The highest BCUT2D eigenvalue weighted by Gasteiger charge is 2.15. The lowest BCUT2D eigenvalue weighted by atomic mass is 10.2. The Morgan fingerprint density at radius 1 is 1.56 bits per heavy atom. The largest absolute Gasteiger partial charge is 0.481 e. The minimum absolute atomic E-state index is 0.388. The predicted molar refractivity (Wildman–Crippen MR) is 67.9 cm³/mol. The van der Waals surface area contributed by atoms with Crippen molar-refractivity contribution in [3.8, 4) is 5.88 Å². The van der Waals surface area contributed by atoms with Crippen LogP contribution < -0.4 is 9.64 Å². The third-order valence-corrected chi connectivity index (χ3v) is 2.44. The predicted octanol–water partition coefficient (Wildman–Crippen LogP) is 1.42. The number of carbonyl (C=O) groups is 1. The highest BCUT2D eigenvalue weighted by molar-refractivity contribution is 5.70. The van der Waals surface area contributed by atoms with E-state index in [1.165, 1.54) is 6.33 Å². The molecule has 1 heterocycles. The quantitative estimate of drug-likeness (QED) is 0.792. The number of ether oxygens (including phenoxy) is 1. The lowest BCUT2D eigenvalue weighted by Gasteiger charge is -2.20. The van der Waals surface area contributed by atoms with Crippen LogP contribution in [0.5, 0.6) is 5.88 Å². The zero-order chi connectivity index (χ0) is 13.5. The number of aromatic nitrogens is 2. The van der Waals surface area contributed by atoms with Crippen LogP contribution in [0.4, 0.5) is 5.82 Å².